The SMILES string of the molecule is C=[CH][Zr]([Cl])([Cl])[CH]1CCc2ccccc21. The Morgan fingerprint density at radius 2 is 2.07 bits per heavy atom. The van der Waals surface area contributed by atoms with Crippen molar-refractivity contribution in [2.24, 2.45) is 0 Å². The molecule has 1 aliphatic rings. The standard InChI is InChI=1S/C9H9.C2H3.2ClH.Zr/c1-2-5-9-7-3-6-8(9)4-1;1-2;;;/h1-2,4-6H,3,7H2;1H,2H2;2*1H;/q;;;;+2/p-2. The van der Waals surface area contributed by atoms with Crippen LogP contribution in [0.5, 0.6) is 0 Å². The fourth-order valence-electron chi connectivity index (χ4n) is 2.10. The molecule has 0 radical (unpaired) electrons. The summed E-state index contributed by atoms with van der Waals surface area (Å²) in [6.45, 7) is 3.78. The number of hydrogen-bond donors (Lipinski definition) is 0. The summed E-state index contributed by atoms with van der Waals surface area (Å²) >= 11 is -3.03. The molecule has 3 heteroatoms. The molecule has 0 fully saturated rings. The predicted octanol–water partition coefficient (Wildman–Crippen LogP) is 4.28. The van der Waals surface area contributed by atoms with Gasteiger partial charge in [0, 0.05) is 0 Å². The summed E-state index contributed by atoms with van der Waals surface area (Å²) in [4.78, 5) is 0. The molecule has 0 heterocycles. The first-order chi connectivity index (χ1) is 6.65. The van der Waals surface area contributed by atoms with Gasteiger partial charge in [-0.25, -0.2) is 0 Å². The van der Waals surface area contributed by atoms with Gasteiger partial charge in [0.25, 0.3) is 0 Å². The first-order valence-corrected chi connectivity index (χ1v) is 13.9. The van der Waals surface area contributed by atoms with Gasteiger partial charge in [-0.15, -0.1) is 0 Å². The van der Waals surface area contributed by atoms with Crippen molar-refractivity contribution in [2.75, 3.05) is 0 Å². The fourth-order valence-corrected chi connectivity index (χ4v) is 8.49. The third kappa shape index (κ3) is 1.87. The van der Waals surface area contributed by atoms with Crippen molar-refractivity contribution in [3.05, 3.63) is 45.8 Å². The second kappa shape index (κ2) is 4.12. The summed E-state index contributed by atoms with van der Waals surface area (Å²) in [6, 6.07) is 8.48. The number of aryl methyl sites for hydroxylation is 1. The van der Waals surface area contributed by atoms with Crippen LogP contribution in [-0.4, -0.2) is 0 Å². The van der Waals surface area contributed by atoms with E-state index in [9.17, 15) is 0 Å². The maximum atomic E-state index is 6.41. The number of fused-ring (bicyclic) bond motifs is 1. The Morgan fingerprint density at radius 3 is 2.79 bits per heavy atom. The number of benzene rings is 1. The molecule has 0 saturated heterocycles. The Balaban J connectivity index is 2.39. The molecule has 0 spiro atoms. The zero-order valence-electron chi connectivity index (χ0n) is 7.84. The van der Waals surface area contributed by atoms with Gasteiger partial charge < -0.3 is 0 Å². The normalized spacial score (nSPS) is 20.6. The van der Waals surface area contributed by atoms with Gasteiger partial charge in [0.1, 0.15) is 0 Å². The van der Waals surface area contributed by atoms with Crippen LogP contribution in [0.3, 0.4) is 0 Å². The molecule has 0 bridgehead atoms. The van der Waals surface area contributed by atoms with Crippen LogP contribution in [0.25, 0.3) is 0 Å². The van der Waals surface area contributed by atoms with Crippen molar-refractivity contribution in [1.29, 1.82) is 0 Å². The van der Waals surface area contributed by atoms with E-state index in [-0.39, 0.29) is 0 Å². The summed E-state index contributed by atoms with van der Waals surface area (Å²) in [5.41, 5.74) is 2.79. The molecule has 1 atom stereocenters. The molecule has 0 nitrogen and oxygen atoms in total. The van der Waals surface area contributed by atoms with Crippen LogP contribution < -0.4 is 0 Å². The molecule has 0 saturated carbocycles. The summed E-state index contributed by atoms with van der Waals surface area (Å²) in [6.07, 6.45) is 2.22. The van der Waals surface area contributed by atoms with Crippen molar-refractivity contribution in [2.45, 2.75) is 16.5 Å². The molecule has 0 N–H and O–H groups in total. The third-order valence-corrected chi connectivity index (χ3v) is 12.9. The summed E-state index contributed by atoms with van der Waals surface area (Å²) in [5.74, 6) is 0. The number of rotatable bonds is 2. The topological polar surface area (TPSA) is 0 Å². The zero-order chi connectivity index (χ0) is 10.2. The van der Waals surface area contributed by atoms with Gasteiger partial charge in [0.05, 0.1) is 0 Å². The minimum absolute atomic E-state index is 0.404. The summed E-state index contributed by atoms with van der Waals surface area (Å²) < 4.78 is 2.24. The number of halogens is 2. The van der Waals surface area contributed by atoms with Crippen molar-refractivity contribution in [3.8, 4) is 0 Å². The molecule has 1 aliphatic carbocycles. The van der Waals surface area contributed by atoms with E-state index in [1.807, 2.05) is 3.78 Å². The Bertz CT molecular complexity index is 360. The summed E-state index contributed by atoms with van der Waals surface area (Å²) in [5, 5.41) is 0. The number of hydrogen-bond acceptors (Lipinski definition) is 0. The quantitative estimate of drug-likeness (QED) is 0.765. The van der Waals surface area contributed by atoms with Crippen LogP contribution in [0, 0.1) is 0 Å². The molecular formula is C11H12Cl2Zr. The monoisotopic (exact) mass is 304 g/mol. The summed E-state index contributed by atoms with van der Waals surface area (Å²) in [7, 11) is 12.8. The molecule has 0 amide bonds. The molecule has 1 unspecified atom stereocenters. The predicted molar refractivity (Wildman–Crippen MR) is 59.4 cm³/mol. The van der Waals surface area contributed by atoms with Crippen molar-refractivity contribution in [3.63, 3.8) is 0 Å². The molecular weight excluding hydrogens is 294 g/mol. The van der Waals surface area contributed by atoms with E-state index in [1.54, 1.807) is 0 Å². The Hall–Kier alpha value is 0.423. The van der Waals surface area contributed by atoms with Gasteiger partial charge in [-0.3, -0.25) is 0 Å². The molecule has 1 aromatic carbocycles. The van der Waals surface area contributed by atoms with Gasteiger partial charge >= 0.3 is 97.1 Å². The van der Waals surface area contributed by atoms with Gasteiger partial charge in [0.15, 0.2) is 0 Å². The molecule has 74 valence electrons. The van der Waals surface area contributed by atoms with Crippen LogP contribution >= 0.6 is 17.0 Å². The Labute approximate surface area is 96.4 Å². The second-order valence-electron chi connectivity index (χ2n) is 3.67. The Morgan fingerprint density at radius 1 is 1.36 bits per heavy atom. The average Bonchev–Trinajstić information content (AvgIpc) is 2.61. The van der Waals surface area contributed by atoms with Crippen molar-refractivity contribution >= 4 is 17.0 Å². The zero-order valence-corrected chi connectivity index (χ0v) is 11.8. The van der Waals surface area contributed by atoms with E-state index in [2.05, 4.69) is 30.8 Å². The van der Waals surface area contributed by atoms with Crippen molar-refractivity contribution in [1.82, 2.24) is 0 Å². The Kier molecular flexibility index (Phi) is 3.22. The van der Waals surface area contributed by atoms with Crippen LogP contribution in [-0.2, 0) is 24.3 Å². The molecule has 14 heavy (non-hydrogen) atoms. The van der Waals surface area contributed by atoms with Gasteiger partial charge in [-0.05, 0) is 0 Å². The first-order valence-electron chi connectivity index (χ1n) is 4.74. The average molecular weight is 306 g/mol. The van der Waals surface area contributed by atoms with Crippen LogP contribution in [0.2, 0.25) is 0 Å². The van der Waals surface area contributed by atoms with Gasteiger partial charge in [0.2, 0.25) is 0 Å². The van der Waals surface area contributed by atoms with Crippen molar-refractivity contribution < 1.29 is 17.9 Å². The van der Waals surface area contributed by atoms with Gasteiger partial charge in [-0.1, -0.05) is 0 Å². The molecule has 1 aromatic rings. The van der Waals surface area contributed by atoms with E-state index in [0.717, 1.165) is 12.8 Å². The second-order valence-corrected chi connectivity index (χ2v) is 18.2. The van der Waals surface area contributed by atoms with E-state index in [4.69, 9.17) is 17.0 Å². The van der Waals surface area contributed by atoms with Crippen LogP contribution in [0.1, 0.15) is 21.2 Å². The van der Waals surface area contributed by atoms with E-state index >= 15 is 0 Å². The van der Waals surface area contributed by atoms with E-state index < -0.39 is 17.9 Å². The molecule has 0 aromatic heterocycles. The van der Waals surface area contributed by atoms with E-state index in [1.165, 1.54) is 11.1 Å². The molecule has 2 rings (SSSR count). The maximum absolute atomic E-state index is 6.41. The minimum atomic E-state index is -3.03. The third-order valence-electron chi connectivity index (χ3n) is 2.87. The van der Waals surface area contributed by atoms with Gasteiger partial charge in [-0.2, -0.15) is 0 Å². The fraction of sp³-hybridized carbons (Fsp3) is 0.273. The molecule has 0 aliphatic heterocycles. The van der Waals surface area contributed by atoms with E-state index in [0.29, 0.717) is 3.63 Å². The van der Waals surface area contributed by atoms with Crippen LogP contribution in [0.15, 0.2) is 34.6 Å². The first kappa shape index (κ1) is 10.9. The van der Waals surface area contributed by atoms with Crippen LogP contribution in [0.4, 0.5) is 0 Å².